The van der Waals surface area contributed by atoms with E-state index in [0.29, 0.717) is 12.0 Å². The summed E-state index contributed by atoms with van der Waals surface area (Å²) in [4.78, 5) is 4.33. The molecule has 1 aromatic heterocycles. The molecule has 0 fully saturated rings. The van der Waals surface area contributed by atoms with Crippen molar-refractivity contribution in [2.24, 2.45) is 7.05 Å². The zero-order valence-electron chi connectivity index (χ0n) is 11.7. The first kappa shape index (κ1) is 15.2. The maximum atomic E-state index is 14.2. The lowest BCUT2D eigenvalue weighted by molar-refractivity contribution is 0.484. The molecule has 0 amide bonds. The van der Waals surface area contributed by atoms with Crippen molar-refractivity contribution in [3.8, 4) is 0 Å². The molecule has 0 spiro atoms. The summed E-state index contributed by atoms with van der Waals surface area (Å²) in [7, 11) is 1.96. The van der Waals surface area contributed by atoms with E-state index in [4.69, 9.17) is 0 Å². The highest BCUT2D eigenvalue weighted by Gasteiger charge is 2.17. The molecule has 1 N–H and O–H groups in total. The van der Waals surface area contributed by atoms with Crippen molar-refractivity contribution in [2.75, 3.05) is 6.54 Å². The minimum Gasteiger partial charge on any atom is -0.338 e. The summed E-state index contributed by atoms with van der Waals surface area (Å²) in [5.41, 5.74) is 0.685. The van der Waals surface area contributed by atoms with E-state index in [-0.39, 0.29) is 11.9 Å². The van der Waals surface area contributed by atoms with Crippen molar-refractivity contribution < 1.29 is 4.39 Å². The van der Waals surface area contributed by atoms with Crippen molar-refractivity contribution in [2.45, 2.75) is 25.8 Å². The molecule has 108 valence electrons. The summed E-state index contributed by atoms with van der Waals surface area (Å²) in [5, 5.41) is 3.40. The molecule has 0 bridgehead atoms. The summed E-state index contributed by atoms with van der Waals surface area (Å²) in [5.74, 6) is 0.753. The highest BCUT2D eigenvalue weighted by molar-refractivity contribution is 9.10. The van der Waals surface area contributed by atoms with Gasteiger partial charge in [-0.15, -0.1) is 0 Å². The number of nitrogens with one attached hydrogen (secondary N) is 1. The van der Waals surface area contributed by atoms with Crippen molar-refractivity contribution in [3.63, 3.8) is 0 Å². The Kier molecular flexibility index (Phi) is 5.31. The molecule has 1 heterocycles. The first-order valence-electron chi connectivity index (χ1n) is 6.76. The average molecular weight is 340 g/mol. The van der Waals surface area contributed by atoms with Crippen LogP contribution in [0.3, 0.4) is 0 Å². The third-order valence-electron chi connectivity index (χ3n) is 3.29. The van der Waals surface area contributed by atoms with Gasteiger partial charge in [0.25, 0.3) is 0 Å². The van der Waals surface area contributed by atoms with Crippen LogP contribution >= 0.6 is 15.9 Å². The van der Waals surface area contributed by atoms with Gasteiger partial charge in [0.1, 0.15) is 11.6 Å². The first-order valence-corrected chi connectivity index (χ1v) is 7.55. The van der Waals surface area contributed by atoms with Gasteiger partial charge >= 0.3 is 0 Å². The molecule has 0 radical (unpaired) electrons. The van der Waals surface area contributed by atoms with Gasteiger partial charge in [-0.2, -0.15) is 0 Å². The minimum absolute atomic E-state index is 0.0656. The Bertz CT molecular complexity index is 568. The third-order valence-corrected chi connectivity index (χ3v) is 3.78. The summed E-state index contributed by atoms with van der Waals surface area (Å²) in [6, 6.07) is 5.14. The van der Waals surface area contributed by atoms with Gasteiger partial charge in [-0.1, -0.05) is 28.9 Å². The van der Waals surface area contributed by atoms with Crippen LogP contribution in [0, 0.1) is 5.82 Å². The summed E-state index contributed by atoms with van der Waals surface area (Å²) >= 11 is 3.29. The normalized spacial score (nSPS) is 12.6. The van der Waals surface area contributed by atoms with E-state index in [1.807, 2.05) is 29.9 Å². The molecule has 20 heavy (non-hydrogen) atoms. The second kappa shape index (κ2) is 6.99. The van der Waals surface area contributed by atoms with Crippen LogP contribution < -0.4 is 5.32 Å². The van der Waals surface area contributed by atoms with Gasteiger partial charge in [0.05, 0.1) is 0 Å². The molecule has 0 aliphatic heterocycles. The van der Waals surface area contributed by atoms with Gasteiger partial charge in [0.2, 0.25) is 0 Å². The van der Waals surface area contributed by atoms with E-state index in [9.17, 15) is 4.39 Å². The number of nitrogens with zero attached hydrogens (tertiary/aromatic N) is 2. The van der Waals surface area contributed by atoms with Gasteiger partial charge in [-0.05, 0) is 25.1 Å². The Hall–Kier alpha value is -1.20. The standard InChI is InChI=1S/C15H19BrFN3/c1-3-6-18-14(10-15-19-7-8-20(15)2)12-5-4-11(16)9-13(12)17/h4-5,7-9,14,18H,3,6,10H2,1-2H3. The van der Waals surface area contributed by atoms with Crippen molar-refractivity contribution >= 4 is 15.9 Å². The van der Waals surface area contributed by atoms with E-state index < -0.39 is 0 Å². The van der Waals surface area contributed by atoms with E-state index in [1.165, 1.54) is 6.07 Å². The lowest BCUT2D eigenvalue weighted by Gasteiger charge is -2.19. The van der Waals surface area contributed by atoms with Crippen LogP contribution in [-0.4, -0.2) is 16.1 Å². The lowest BCUT2D eigenvalue weighted by Crippen LogP contribution is -2.26. The van der Waals surface area contributed by atoms with Crippen molar-refractivity contribution in [1.82, 2.24) is 14.9 Å². The monoisotopic (exact) mass is 339 g/mol. The number of halogens is 2. The van der Waals surface area contributed by atoms with Gasteiger partial charge in [0, 0.05) is 41.9 Å². The lowest BCUT2D eigenvalue weighted by atomic mass is 10.0. The Morgan fingerprint density at radius 3 is 2.85 bits per heavy atom. The molecule has 1 atom stereocenters. The minimum atomic E-state index is -0.192. The molecular weight excluding hydrogens is 321 g/mol. The highest BCUT2D eigenvalue weighted by Crippen LogP contribution is 2.23. The van der Waals surface area contributed by atoms with Crippen LogP contribution in [0.4, 0.5) is 4.39 Å². The smallest absolute Gasteiger partial charge is 0.129 e. The van der Waals surface area contributed by atoms with Crippen LogP contribution in [-0.2, 0) is 13.5 Å². The van der Waals surface area contributed by atoms with E-state index in [0.717, 1.165) is 23.3 Å². The number of benzene rings is 1. The van der Waals surface area contributed by atoms with Crippen LogP contribution in [0.2, 0.25) is 0 Å². The molecule has 0 aliphatic rings. The maximum absolute atomic E-state index is 14.2. The predicted octanol–water partition coefficient (Wildman–Crippen LogP) is 3.61. The van der Waals surface area contributed by atoms with Crippen molar-refractivity contribution in [3.05, 3.63) is 52.3 Å². The van der Waals surface area contributed by atoms with Gasteiger partial charge in [-0.25, -0.2) is 9.37 Å². The van der Waals surface area contributed by atoms with E-state index >= 15 is 0 Å². The molecular formula is C15H19BrFN3. The molecule has 0 saturated heterocycles. The summed E-state index contributed by atoms with van der Waals surface area (Å²) < 4.78 is 16.9. The second-order valence-electron chi connectivity index (χ2n) is 4.83. The number of rotatable bonds is 6. The number of imidazole rings is 1. The SMILES string of the molecule is CCCNC(Cc1nccn1C)c1ccc(Br)cc1F. The molecule has 0 aliphatic carbocycles. The molecule has 5 heteroatoms. The summed E-state index contributed by atoms with van der Waals surface area (Å²) in [6.45, 7) is 2.95. The fourth-order valence-electron chi connectivity index (χ4n) is 2.17. The van der Waals surface area contributed by atoms with Gasteiger partial charge in [0.15, 0.2) is 0 Å². The molecule has 1 unspecified atom stereocenters. The second-order valence-corrected chi connectivity index (χ2v) is 5.75. The van der Waals surface area contributed by atoms with Crippen molar-refractivity contribution in [1.29, 1.82) is 0 Å². The molecule has 3 nitrogen and oxygen atoms in total. The Labute approximate surface area is 127 Å². The Morgan fingerprint density at radius 2 is 2.25 bits per heavy atom. The maximum Gasteiger partial charge on any atom is 0.129 e. The molecule has 0 saturated carbocycles. The van der Waals surface area contributed by atoms with Crippen LogP contribution in [0.15, 0.2) is 35.1 Å². The van der Waals surface area contributed by atoms with Gasteiger partial charge < -0.3 is 9.88 Å². The number of aryl methyl sites for hydroxylation is 1. The summed E-state index contributed by atoms with van der Waals surface area (Å²) in [6.07, 6.45) is 5.35. The largest absolute Gasteiger partial charge is 0.338 e. The first-order chi connectivity index (χ1) is 9.61. The molecule has 2 aromatic rings. The van der Waals surface area contributed by atoms with E-state index in [1.54, 1.807) is 6.20 Å². The number of hydrogen-bond acceptors (Lipinski definition) is 2. The third kappa shape index (κ3) is 3.67. The van der Waals surface area contributed by atoms with Crippen LogP contribution in [0.25, 0.3) is 0 Å². The Morgan fingerprint density at radius 1 is 1.45 bits per heavy atom. The molecule has 2 rings (SSSR count). The fraction of sp³-hybridized carbons (Fsp3) is 0.400. The van der Waals surface area contributed by atoms with Gasteiger partial charge in [-0.3, -0.25) is 0 Å². The van der Waals surface area contributed by atoms with Crippen LogP contribution in [0.1, 0.15) is 30.8 Å². The highest BCUT2D eigenvalue weighted by atomic mass is 79.9. The average Bonchev–Trinajstić information content (AvgIpc) is 2.80. The Balaban J connectivity index is 2.24. The van der Waals surface area contributed by atoms with E-state index in [2.05, 4.69) is 33.2 Å². The molecule has 1 aromatic carbocycles. The zero-order chi connectivity index (χ0) is 14.5. The fourth-order valence-corrected chi connectivity index (χ4v) is 2.50. The quantitative estimate of drug-likeness (QED) is 0.871. The zero-order valence-corrected chi connectivity index (χ0v) is 13.3. The predicted molar refractivity (Wildman–Crippen MR) is 82.0 cm³/mol. The number of aromatic nitrogens is 2. The number of hydrogen-bond donors (Lipinski definition) is 1. The topological polar surface area (TPSA) is 29.9 Å². The van der Waals surface area contributed by atoms with Crippen LogP contribution in [0.5, 0.6) is 0 Å².